The molecule has 0 aliphatic rings. The van der Waals surface area contributed by atoms with Crippen LogP contribution in [0.2, 0.25) is 0 Å². The van der Waals surface area contributed by atoms with E-state index in [9.17, 15) is 4.79 Å². The van der Waals surface area contributed by atoms with Crippen molar-refractivity contribution < 1.29 is 19.0 Å². The van der Waals surface area contributed by atoms with Gasteiger partial charge in [-0.05, 0) is 17.7 Å². The van der Waals surface area contributed by atoms with Crippen LogP contribution in [0.1, 0.15) is 12.5 Å². The second kappa shape index (κ2) is 5.24. The van der Waals surface area contributed by atoms with E-state index >= 15 is 0 Å². The molecule has 0 unspecified atom stereocenters. The summed E-state index contributed by atoms with van der Waals surface area (Å²) in [6.07, 6.45) is 0. The van der Waals surface area contributed by atoms with Gasteiger partial charge in [0.05, 0.1) is 14.2 Å². The molecule has 0 aliphatic heterocycles. The molecule has 15 heavy (non-hydrogen) atoms. The van der Waals surface area contributed by atoms with Gasteiger partial charge in [-0.15, -0.1) is 0 Å². The Balaban J connectivity index is 2.78. The van der Waals surface area contributed by atoms with E-state index < -0.39 is 0 Å². The van der Waals surface area contributed by atoms with Crippen LogP contribution >= 0.6 is 0 Å². The third-order valence-electron chi connectivity index (χ3n) is 1.89. The SMILES string of the molecule is COc1ccc(COC(C)=O)cc1OC. The molecular formula is C11H14O4. The highest BCUT2D eigenvalue weighted by Crippen LogP contribution is 2.27. The van der Waals surface area contributed by atoms with Crippen LogP contribution in [0.5, 0.6) is 11.5 Å². The summed E-state index contributed by atoms with van der Waals surface area (Å²) in [4.78, 5) is 10.6. The van der Waals surface area contributed by atoms with Crippen molar-refractivity contribution in [3.8, 4) is 11.5 Å². The molecule has 0 heterocycles. The van der Waals surface area contributed by atoms with E-state index in [0.29, 0.717) is 11.5 Å². The number of benzene rings is 1. The van der Waals surface area contributed by atoms with Gasteiger partial charge in [-0.1, -0.05) is 6.07 Å². The maximum Gasteiger partial charge on any atom is 0.302 e. The molecule has 1 aromatic rings. The fraction of sp³-hybridized carbons (Fsp3) is 0.364. The number of hydrogen-bond acceptors (Lipinski definition) is 4. The molecule has 0 bridgehead atoms. The molecule has 0 saturated carbocycles. The topological polar surface area (TPSA) is 44.8 Å². The van der Waals surface area contributed by atoms with Crippen molar-refractivity contribution >= 4 is 5.97 Å². The number of esters is 1. The van der Waals surface area contributed by atoms with Gasteiger partial charge in [0.15, 0.2) is 11.5 Å². The number of methoxy groups -OCH3 is 2. The van der Waals surface area contributed by atoms with Crippen LogP contribution in [0, 0.1) is 0 Å². The van der Waals surface area contributed by atoms with Crippen molar-refractivity contribution in [1.82, 2.24) is 0 Å². The fourth-order valence-electron chi connectivity index (χ4n) is 1.16. The maximum atomic E-state index is 10.6. The molecule has 82 valence electrons. The van der Waals surface area contributed by atoms with E-state index in [2.05, 4.69) is 0 Å². The van der Waals surface area contributed by atoms with Gasteiger partial charge in [0.1, 0.15) is 6.61 Å². The molecule has 1 rings (SSSR count). The molecule has 0 atom stereocenters. The van der Waals surface area contributed by atoms with Crippen molar-refractivity contribution in [3.63, 3.8) is 0 Å². The number of hydrogen-bond donors (Lipinski definition) is 0. The zero-order valence-electron chi connectivity index (χ0n) is 9.07. The van der Waals surface area contributed by atoms with Gasteiger partial charge in [0.25, 0.3) is 0 Å². The Hall–Kier alpha value is -1.71. The molecule has 1 aromatic carbocycles. The average Bonchev–Trinajstić information content (AvgIpc) is 2.25. The smallest absolute Gasteiger partial charge is 0.302 e. The average molecular weight is 210 g/mol. The number of carbonyl (C=O) groups is 1. The van der Waals surface area contributed by atoms with Gasteiger partial charge in [0, 0.05) is 6.92 Å². The molecule has 0 saturated heterocycles. The predicted octanol–water partition coefficient (Wildman–Crippen LogP) is 1.77. The van der Waals surface area contributed by atoms with E-state index in [1.165, 1.54) is 6.92 Å². The summed E-state index contributed by atoms with van der Waals surface area (Å²) in [5.74, 6) is 0.982. The summed E-state index contributed by atoms with van der Waals surface area (Å²) < 4.78 is 15.1. The van der Waals surface area contributed by atoms with E-state index in [0.717, 1.165) is 5.56 Å². The fourth-order valence-corrected chi connectivity index (χ4v) is 1.16. The maximum absolute atomic E-state index is 10.6. The van der Waals surface area contributed by atoms with Gasteiger partial charge >= 0.3 is 5.97 Å². The van der Waals surface area contributed by atoms with Gasteiger partial charge in [0.2, 0.25) is 0 Å². The Labute approximate surface area is 88.8 Å². The molecule has 0 N–H and O–H groups in total. The summed E-state index contributed by atoms with van der Waals surface area (Å²) in [7, 11) is 3.14. The predicted molar refractivity (Wildman–Crippen MR) is 55.0 cm³/mol. The van der Waals surface area contributed by atoms with Crippen molar-refractivity contribution in [2.45, 2.75) is 13.5 Å². The molecular weight excluding hydrogens is 196 g/mol. The van der Waals surface area contributed by atoms with Crippen molar-refractivity contribution in [1.29, 1.82) is 0 Å². The van der Waals surface area contributed by atoms with Gasteiger partial charge < -0.3 is 14.2 Å². The highest BCUT2D eigenvalue weighted by Gasteiger charge is 2.05. The monoisotopic (exact) mass is 210 g/mol. The van der Waals surface area contributed by atoms with Crippen molar-refractivity contribution in [2.24, 2.45) is 0 Å². The standard InChI is InChI=1S/C11H14O4/c1-8(12)15-7-9-4-5-10(13-2)11(6-9)14-3/h4-6H,7H2,1-3H3. The summed E-state index contributed by atoms with van der Waals surface area (Å²) >= 11 is 0. The normalized spacial score (nSPS) is 9.53. The lowest BCUT2D eigenvalue weighted by Gasteiger charge is -2.09. The first-order chi connectivity index (χ1) is 7.17. The van der Waals surface area contributed by atoms with E-state index in [-0.39, 0.29) is 12.6 Å². The molecule has 0 aromatic heterocycles. The third kappa shape index (κ3) is 3.16. The molecule has 0 aliphatic carbocycles. The zero-order chi connectivity index (χ0) is 11.3. The number of rotatable bonds is 4. The first kappa shape index (κ1) is 11.4. The van der Waals surface area contributed by atoms with E-state index in [1.807, 2.05) is 6.07 Å². The second-order valence-corrected chi connectivity index (χ2v) is 2.97. The van der Waals surface area contributed by atoms with Crippen LogP contribution in [0.25, 0.3) is 0 Å². The van der Waals surface area contributed by atoms with Crippen LogP contribution in [0.4, 0.5) is 0 Å². The van der Waals surface area contributed by atoms with Crippen LogP contribution in [0.15, 0.2) is 18.2 Å². The van der Waals surface area contributed by atoms with Crippen LogP contribution < -0.4 is 9.47 Å². The molecule has 0 fully saturated rings. The van der Waals surface area contributed by atoms with Crippen molar-refractivity contribution in [3.05, 3.63) is 23.8 Å². The molecule has 0 radical (unpaired) electrons. The minimum Gasteiger partial charge on any atom is -0.493 e. The molecule has 4 heteroatoms. The molecule has 0 spiro atoms. The lowest BCUT2D eigenvalue weighted by Crippen LogP contribution is -1.99. The highest BCUT2D eigenvalue weighted by molar-refractivity contribution is 5.65. The minimum atomic E-state index is -0.301. The Morgan fingerprint density at radius 2 is 1.87 bits per heavy atom. The van der Waals surface area contributed by atoms with Gasteiger partial charge in [-0.2, -0.15) is 0 Å². The van der Waals surface area contributed by atoms with Crippen LogP contribution in [0.3, 0.4) is 0 Å². The Bertz CT molecular complexity index is 346. The summed E-state index contributed by atoms with van der Waals surface area (Å²) in [5, 5.41) is 0. The minimum absolute atomic E-state index is 0.246. The van der Waals surface area contributed by atoms with E-state index in [1.54, 1.807) is 26.4 Å². The Kier molecular flexibility index (Phi) is 3.97. The second-order valence-electron chi connectivity index (χ2n) is 2.97. The van der Waals surface area contributed by atoms with Gasteiger partial charge in [-0.3, -0.25) is 4.79 Å². The van der Waals surface area contributed by atoms with Crippen LogP contribution in [-0.2, 0) is 16.1 Å². The highest BCUT2D eigenvalue weighted by atomic mass is 16.5. The first-order valence-corrected chi connectivity index (χ1v) is 4.51. The summed E-state index contributed by atoms with van der Waals surface area (Å²) in [5.41, 5.74) is 0.864. The third-order valence-corrected chi connectivity index (χ3v) is 1.89. The number of ether oxygens (including phenoxy) is 3. The van der Waals surface area contributed by atoms with Gasteiger partial charge in [-0.25, -0.2) is 0 Å². The lowest BCUT2D eigenvalue weighted by atomic mass is 10.2. The Morgan fingerprint density at radius 1 is 1.20 bits per heavy atom. The lowest BCUT2D eigenvalue weighted by molar-refractivity contribution is -0.142. The first-order valence-electron chi connectivity index (χ1n) is 4.51. The van der Waals surface area contributed by atoms with Crippen LogP contribution in [-0.4, -0.2) is 20.2 Å². The molecule has 0 amide bonds. The zero-order valence-corrected chi connectivity index (χ0v) is 9.07. The number of carbonyl (C=O) groups excluding carboxylic acids is 1. The van der Waals surface area contributed by atoms with E-state index in [4.69, 9.17) is 14.2 Å². The van der Waals surface area contributed by atoms with Crippen molar-refractivity contribution in [2.75, 3.05) is 14.2 Å². The largest absolute Gasteiger partial charge is 0.493 e. The Morgan fingerprint density at radius 3 is 2.40 bits per heavy atom. The summed E-state index contributed by atoms with van der Waals surface area (Å²) in [6, 6.07) is 5.38. The summed E-state index contributed by atoms with van der Waals surface area (Å²) in [6.45, 7) is 1.62. The molecule has 4 nitrogen and oxygen atoms in total. The quantitative estimate of drug-likeness (QED) is 0.710.